The maximum atomic E-state index is 13.0. The summed E-state index contributed by atoms with van der Waals surface area (Å²) in [6.45, 7) is 1.45. The molecule has 0 aliphatic carbocycles. The number of benzene rings is 3. The maximum absolute atomic E-state index is 13.0. The summed E-state index contributed by atoms with van der Waals surface area (Å²) in [5, 5.41) is 1.18. The number of imide groups is 1. The van der Waals surface area contributed by atoms with Crippen molar-refractivity contribution in [1.82, 2.24) is 9.47 Å². The van der Waals surface area contributed by atoms with Gasteiger partial charge in [0.1, 0.15) is 24.7 Å². The van der Waals surface area contributed by atoms with E-state index in [0.717, 1.165) is 34.0 Å². The van der Waals surface area contributed by atoms with Gasteiger partial charge in [0.25, 0.3) is 11.1 Å². The number of hydrogen-bond donors (Lipinski definition) is 0. The molecule has 2 amide bonds. The number of para-hydroxylation sites is 3. The number of rotatable bonds is 9. The van der Waals surface area contributed by atoms with Crippen LogP contribution >= 0.6 is 23.4 Å². The van der Waals surface area contributed by atoms with E-state index in [4.69, 9.17) is 21.1 Å². The zero-order valence-electron chi connectivity index (χ0n) is 19.3. The van der Waals surface area contributed by atoms with E-state index in [0.29, 0.717) is 28.8 Å². The average Bonchev–Trinajstić information content (AvgIpc) is 3.37. The molecule has 0 unspecified atom stereocenters. The molecule has 0 bridgehead atoms. The fraction of sp³-hybridized carbons (Fsp3) is 0.143. The molecule has 5 rings (SSSR count). The number of carbonyl (C=O) groups is 2. The third-order valence-corrected chi connectivity index (χ3v) is 6.95. The summed E-state index contributed by atoms with van der Waals surface area (Å²) in [6.07, 6.45) is 3.78. The minimum atomic E-state index is -0.322. The van der Waals surface area contributed by atoms with E-state index in [2.05, 4.69) is 4.57 Å². The number of thioether (sulfide) groups is 1. The summed E-state index contributed by atoms with van der Waals surface area (Å²) in [7, 11) is 0. The highest BCUT2D eigenvalue weighted by Gasteiger charge is 2.35. The summed E-state index contributed by atoms with van der Waals surface area (Å²) in [6, 6.07) is 24.8. The van der Waals surface area contributed by atoms with Gasteiger partial charge in [-0.05, 0) is 48.2 Å². The van der Waals surface area contributed by atoms with E-state index in [1.54, 1.807) is 18.2 Å². The molecule has 1 fully saturated rings. The van der Waals surface area contributed by atoms with Crippen molar-refractivity contribution in [3.05, 3.63) is 101 Å². The van der Waals surface area contributed by atoms with Gasteiger partial charge < -0.3 is 14.0 Å². The zero-order chi connectivity index (χ0) is 24.9. The molecule has 36 heavy (non-hydrogen) atoms. The second-order valence-corrected chi connectivity index (χ2v) is 9.47. The third-order valence-electron chi connectivity index (χ3n) is 5.73. The molecular weight excluding hydrogens is 496 g/mol. The van der Waals surface area contributed by atoms with Crippen LogP contribution in [-0.4, -0.2) is 40.4 Å². The van der Waals surface area contributed by atoms with E-state index in [-0.39, 0.29) is 24.3 Å². The van der Waals surface area contributed by atoms with Gasteiger partial charge in [-0.2, -0.15) is 0 Å². The van der Waals surface area contributed by atoms with Gasteiger partial charge in [0.15, 0.2) is 0 Å². The van der Waals surface area contributed by atoms with E-state index in [1.165, 1.54) is 4.90 Å². The molecule has 1 aliphatic rings. The molecule has 1 saturated heterocycles. The molecule has 4 aromatic rings. The quantitative estimate of drug-likeness (QED) is 0.237. The minimum absolute atomic E-state index is 0.145. The van der Waals surface area contributed by atoms with Crippen LogP contribution in [0.2, 0.25) is 5.02 Å². The number of aromatic nitrogens is 1. The predicted octanol–water partition coefficient (Wildman–Crippen LogP) is 6.49. The highest BCUT2D eigenvalue weighted by molar-refractivity contribution is 8.18. The van der Waals surface area contributed by atoms with Crippen molar-refractivity contribution in [2.45, 2.75) is 6.54 Å². The Bertz CT molecular complexity index is 1430. The summed E-state index contributed by atoms with van der Waals surface area (Å²) in [5.74, 6) is 1.02. The lowest BCUT2D eigenvalue weighted by atomic mass is 10.1. The van der Waals surface area contributed by atoms with Crippen molar-refractivity contribution < 1.29 is 19.1 Å². The van der Waals surface area contributed by atoms with Crippen LogP contribution in [-0.2, 0) is 11.3 Å². The molecule has 8 heteroatoms. The topological polar surface area (TPSA) is 60.8 Å². The zero-order valence-corrected chi connectivity index (χ0v) is 20.9. The maximum Gasteiger partial charge on any atom is 0.293 e. The monoisotopic (exact) mass is 518 g/mol. The number of ether oxygens (including phenoxy) is 2. The first-order valence-electron chi connectivity index (χ1n) is 11.5. The van der Waals surface area contributed by atoms with E-state index in [9.17, 15) is 9.59 Å². The second-order valence-electron chi connectivity index (χ2n) is 8.07. The Morgan fingerprint density at radius 1 is 0.833 bits per heavy atom. The third kappa shape index (κ3) is 5.27. The molecule has 1 aliphatic heterocycles. The van der Waals surface area contributed by atoms with Crippen LogP contribution < -0.4 is 9.47 Å². The van der Waals surface area contributed by atoms with Crippen LogP contribution in [0.1, 0.15) is 5.56 Å². The minimum Gasteiger partial charge on any atom is -0.492 e. The Balaban J connectivity index is 1.28. The van der Waals surface area contributed by atoms with Crippen LogP contribution in [0.25, 0.3) is 17.0 Å². The highest BCUT2D eigenvalue weighted by Crippen LogP contribution is 2.34. The lowest BCUT2D eigenvalue weighted by Gasteiger charge is -2.13. The number of nitrogens with zero attached hydrogens (tertiary/aromatic N) is 2. The first kappa shape index (κ1) is 24.0. The van der Waals surface area contributed by atoms with Gasteiger partial charge in [-0.15, -0.1) is 0 Å². The predicted molar refractivity (Wildman–Crippen MR) is 143 cm³/mol. The van der Waals surface area contributed by atoms with Gasteiger partial charge in [-0.3, -0.25) is 14.5 Å². The van der Waals surface area contributed by atoms with E-state index >= 15 is 0 Å². The van der Waals surface area contributed by atoms with Crippen LogP contribution in [0, 0.1) is 0 Å². The fourth-order valence-corrected chi connectivity index (χ4v) is 5.04. The van der Waals surface area contributed by atoms with Crippen LogP contribution in [0.4, 0.5) is 4.79 Å². The van der Waals surface area contributed by atoms with Gasteiger partial charge in [0.05, 0.1) is 23.0 Å². The lowest BCUT2D eigenvalue weighted by Crippen LogP contribution is -2.32. The largest absolute Gasteiger partial charge is 0.492 e. The van der Waals surface area contributed by atoms with Gasteiger partial charge >= 0.3 is 0 Å². The molecule has 0 radical (unpaired) electrons. The van der Waals surface area contributed by atoms with E-state index < -0.39 is 0 Å². The Morgan fingerprint density at radius 2 is 1.56 bits per heavy atom. The van der Waals surface area contributed by atoms with Crippen molar-refractivity contribution in [2.75, 3.05) is 19.8 Å². The Kier molecular flexibility index (Phi) is 7.30. The van der Waals surface area contributed by atoms with Crippen molar-refractivity contribution in [1.29, 1.82) is 0 Å². The van der Waals surface area contributed by atoms with Crippen molar-refractivity contribution in [3.8, 4) is 11.5 Å². The highest BCUT2D eigenvalue weighted by atomic mass is 35.5. The number of halogens is 1. The van der Waals surface area contributed by atoms with Crippen molar-refractivity contribution in [2.24, 2.45) is 0 Å². The van der Waals surface area contributed by atoms with Gasteiger partial charge in [0.2, 0.25) is 0 Å². The number of carbonyl (C=O) groups excluding carboxylic acids is 2. The second kappa shape index (κ2) is 10.9. The molecule has 2 heterocycles. The SMILES string of the molecule is O=C1S/C(=C\c2cn(CCOc3ccccc3)c3ccccc23)C(=O)N1CCOc1ccccc1Cl. The molecule has 0 atom stereocenters. The first-order valence-corrected chi connectivity index (χ1v) is 12.7. The van der Waals surface area contributed by atoms with Crippen molar-refractivity contribution in [3.63, 3.8) is 0 Å². The normalized spacial score (nSPS) is 14.7. The Hall–Kier alpha value is -3.68. The average molecular weight is 519 g/mol. The van der Waals surface area contributed by atoms with Gasteiger partial charge in [-0.25, -0.2) is 0 Å². The standard InChI is InChI=1S/C28H23ClN2O4S/c29-23-11-5-7-13-25(23)35-17-15-31-27(32)26(36-28(31)33)18-20-19-30(24-12-6-4-10-22(20)24)14-16-34-21-8-2-1-3-9-21/h1-13,18-19H,14-17H2/b26-18-. The molecule has 0 N–H and O–H groups in total. The number of amides is 2. The summed E-state index contributed by atoms with van der Waals surface area (Å²) in [4.78, 5) is 27.2. The summed E-state index contributed by atoms with van der Waals surface area (Å²) >= 11 is 7.05. The lowest BCUT2D eigenvalue weighted by molar-refractivity contribution is -0.123. The van der Waals surface area contributed by atoms with Crippen LogP contribution in [0.5, 0.6) is 11.5 Å². The molecule has 0 saturated carbocycles. The fourth-order valence-electron chi connectivity index (χ4n) is 4.00. The molecule has 0 spiro atoms. The Morgan fingerprint density at radius 3 is 2.39 bits per heavy atom. The molecule has 3 aromatic carbocycles. The van der Waals surface area contributed by atoms with Gasteiger partial charge in [-0.1, -0.05) is 60.1 Å². The molecule has 1 aromatic heterocycles. The smallest absolute Gasteiger partial charge is 0.293 e. The molecule has 6 nitrogen and oxygen atoms in total. The number of hydrogen-bond acceptors (Lipinski definition) is 5. The molecular formula is C28H23ClN2O4S. The Labute approximate surface area is 218 Å². The number of fused-ring (bicyclic) bond motifs is 1. The first-order chi connectivity index (χ1) is 17.6. The van der Waals surface area contributed by atoms with Crippen LogP contribution in [0.3, 0.4) is 0 Å². The summed E-state index contributed by atoms with van der Waals surface area (Å²) in [5.41, 5.74) is 1.91. The van der Waals surface area contributed by atoms with E-state index in [1.807, 2.05) is 72.9 Å². The van der Waals surface area contributed by atoms with Crippen molar-refractivity contribution >= 4 is 51.5 Å². The van der Waals surface area contributed by atoms with Crippen LogP contribution in [0.15, 0.2) is 90.0 Å². The molecule has 182 valence electrons. The van der Waals surface area contributed by atoms with Gasteiger partial charge in [0, 0.05) is 22.7 Å². The summed E-state index contributed by atoms with van der Waals surface area (Å²) < 4.78 is 13.6.